The summed E-state index contributed by atoms with van der Waals surface area (Å²) in [6.07, 6.45) is -0.275. The van der Waals surface area contributed by atoms with Gasteiger partial charge in [-0.05, 0) is 0 Å². The minimum Gasteiger partial charge on any atom is -0.427 e. The topological polar surface area (TPSA) is 79.5 Å². The van der Waals surface area contributed by atoms with Gasteiger partial charge in [0.05, 0.1) is 23.7 Å². The quantitative estimate of drug-likeness (QED) is 0.875. The number of amides is 1. The Morgan fingerprint density at radius 2 is 2.38 bits per heavy atom. The molecule has 2 aromatic heterocycles. The molecule has 0 saturated heterocycles. The minimum absolute atomic E-state index is 0.0193. The van der Waals surface area contributed by atoms with Crippen molar-refractivity contribution >= 4 is 22.9 Å². The monoisotopic (exact) mass is 356 g/mol. The molecule has 2 N–H and O–H groups in total. The molecule has 0 unspecified atom stereocenters. The lowest BCUT2D eigenvalue weighted by Gasteiger charge is -2.38. The molecule has 0 saturated carbocycles. The summed E-state index contributed by atoms with van der Waals surface area (Å²) in [7, 11) is 1.50. The van der Waals surface area contributed by atoms with Crippen LogP contribution in [0.1, 0.15) is 9.67 Å². The highest BCUT2D eigenvalue weighted by atomic mass is 32.1. The van der Waals surface area contributed by atoms with Crippen molar-refractivity contribution in [2.75, 3.05) is 31.7 Å². The lowest BCUT2D eigenvalue weighted by Crippen LogP contribution is -2.52. The van der Waals surface area contributed by atoms with Crippen molar-refractivity contribution in [3.63, 3.8) is 0 Å². The van der Waals surface area contributed by atoms with Crippen molar-refractivity contribution in [2.45, 2.75) is 12.2 Å². The van der Waals surface area contributed by atoms with Crippen LogP contribution in [0.25, 0.3) is 10.4 Å². The van der Waals surface area contributed by atoms with E-state index >= 15 is 0 Å². The first-order valence-electron chi connectivity index (χ1n) is 7.26. The Morgan fingerprint density at radius 3 is 3.08 bits per heavy atom. The van der Waals surface area contributed by atoms with Crippen LogP contribution in [0.4, 0.5) is 14.5 Å². The molecule has 0 radical (unpaired) electrons. The third-order valence-corrected chi connectivity index (χ3v) is 5.21. The molecular formula is C14H14F2N4O3S. The van der Waals surface area contributed by atoms with Gasteiger partial charge in [-0.3, -0.25) is 9.89 Å². The van der Waals surface area contributed by atoms with E-state index in [1.165, 1.54) is 18.2 Å². The highest BCUT2D eigenvalue weighted by molar-refractivity contribution is 7.18. The second kappa shape index (κ2) is 5.42. The molecule has 2 aliphatic heterocycles. The maximum absolute atomic E-state index is 14.2. The number of nitrogens with zero attached hydrogens (tertiary/aromatic N) is 2. The molecule has 1 atom stereocenters. The number of thiophene rings is 1. The van der Waals surface area contributed by atoms with Gasteiger partial charge in [0.25, 0.3) is 5.91 Å². The summed E-state index contributed by atoms with van der Waals surface area (Å²) < 4.78 is 38.5. The lowest BCUT2D eigenvalue weighted by molar-refractivity contribution is -0.172. The Balaban J connectivity index is 1.92. The molecular weight excluding hydrogens is 342 g/mol. The molecule has 0 bridgehead atoms. The smallest absolute Gasteiger partial charge is 0.416 e. The third kappa shape index (κ3) is 2.33. The van der Waals surface area contributed by atoms with E-state index in [1.807, 2.05) is 0 Å². The van der Waals surface area contributed by atoms with Crippen LogP contribution < -0.4 is 15.0 Å². The Morgan fingerprint density at radius 1 is 1.54 bits per heavy atom. The van der Waals surface area contributed by atoms with Crippen LogP contribution >= 0.6 is 11.3 Å². The summed E-state index contributed by atoms with van der Waals surface area (Å²) in [5.41, 5.74) is 0.996. The van der Waals surface area contributed by atoms with Gasteiger partial charge in [0.15, 0.2) is 5.75 Å². The number of rotatable bonds is 3. The van der Waals surface area contributed by atoms with Crippen molar-refractivity contribution in [3.05, 3.63) is 17.3 Å². The number of carbonyl (C=O) groups is 1. The molecule has 128 valence electrons. The van der Waals surface area contributed by atoms with Crippen molar-refractivity contribution in [1.29, 1.82) is 0 Å². The Bertz CT molecular complexity index is 777. The number of anilines is 1. The van der Waals surface area contributed by atoms with E-state index in [9.17, 15) is 13.6 Å². The first kappa shape index (κ1) is 15.3. The summed E-state index contributed by atoms with van der Waals surface area (Å²) in [6, 6.07) is -0.402. The van der Waals surface area contributed by atoms with E-state index in [1.54, 1.807) is 6.20 Å². The first-order valence-corrected chi connectivity index (χ1v) is 8.08. The molecule has 0 fully saturated rings. The average Bonchev–Trinajstić information content (AvgIpc) is 3.14. The molecule has 4 heterocycles. The van der Waals surface area contributed by atoms with Gasteiger partial charge in [-0.1, -0.05) is 0 Å². The van der Waals surface area contributed by atoms with Gasteiger partial charge in [0.1, 0.15) is 17.1 Å². The normalized spacial score (nSPS) is 21.7. The largest absolute Gasteiger partial charge is 0.427 e. The van der Waals surface area contributed by atoms with E-state index < -0.39 is 18.7 Å². The van der Waals surface area contributed by atoms with E-state index in [-0.39, 0.29) is 24.8 Å². The van der Waals surface area contributed by atoms with Crippen LogP contribution in [0.3, 0.4) is 0 Å². The van der Waals surface area contributed by atoms with Crippen molar-refractivity contribution in [1.82, 2.24) is 15.5 Å². The molecule has 0 aromatic carbocycles. The number of aromatic amines is 1. The fourth-order valence-electron chi connectivity index (χ4n) is 2.99. The minimum atomic E-state index is -3.36. The van der Waals surface area contributed by atoms with Gasteiger partial charge in [0, 0.05) is 25.4 Å². The first-order chi connectivity index (χ1) is 11.5. The fourth-order valence-corrected chi connectivity index (χ4v) is 4.13. The predicted molar refractivity (Wildman–Crippen MR) is 82.8 cm³/mol. The van der Waals surface area contributed by atoms with Crippen molar-refractivity contribution < 1.29 is 23.0 Å². The molecule has 2 aromatic rings. The standard InChI is InChI=1S/C14H14F2N4O3S/c1-22-5-8-4-17-13(21)12-9-10(23-14(15,16)6-20(8)9)11(24-12)7-2-18-19-3-7/h2-3,8H,4-6H2,1H3,(H,17,21)(H,18,19)/t8-/m0/s1. The predicted octanol–water partition coefficient (Wildman–Crippen LogP) is 1.69. The maximum Gasteiger partial charge on any atom is 0.416 e. The number of halogens is 2. The highest BCUT2D eigenvalue weighted by Crippen LogP contribution is 2.53. The molecule has 10 heteroatoms. The fraction of sp³-hybridized carbons (Fsp3) is 0.429. The number of ether oxygens (including phenoxy) is 2. The number of hydrogen-bond donors (Lipinski definition) is 2. The summed E-state index contributed by atoms with van der Waals surface area (Å²) in [6.45, 7) is -0.186. The van der Waals surface area contributed by atoms with Gasteiger partial charge in [-0.15, -0.1) is 11.3 Å². The Hall–Kier alpha value is -2.20. The van der Waals surface area contributed by atoms with E-state index in [2.05, 4.69) is 15.5 Å². The van der Waals surface area contributed by atoms with Gasteiger partial charge in [-0.25, -0.2) is 0 Å². The third-order valence-electron chi connectivity index (χ3n) is 4.00. The lowest BCUT2D eigenvalue weighted by atomic mass is 10.1. The Kier molecular flexibility index (Phi) is 3.46. The summed E-state index contributed by atoms with van der Waals surface area (Å²) >= 11 is 1.12. The molecule has 4 rings (SSSR count). The zero-order chi connectivity index (χ0) is 16.9. The summed E-state index contributed by atoms with van der Waals surface area (Å²) in [5, 5.41) is 9.25. The number of methoxy groups -OCH3 is 1. The molecule has 24 heavy (non-hydrogen) atoms. The number of hydrogen-bond acceptors (Lipinski definition) is 6. The van der Waals surface area contributed by atoms with Crippen molar-refractivity contribution in [2.24, 2.45) is 0 Å². The number of alkyl halides is 2. The van der Waals surface area contributed by atoms with Gasteiger partial charge in [-0.2, -0.15) is 13.9 Å². The number of H-pyrrole nitrogens is 1. The summed E-state index contributed by atoms with van der Waals surface area (Å²) in [4.78, 5) is 14.7. The Labute approximate surface area is 139 Å². The number of aromatic nitrogens is 2. The summed E-state index contributed by atoms with van der Waals surface area (Å²) in [5.74, 6) is -0.283. The van der Waals surface area contributed by atoms with E-state index in [0.717, 1.165) is 11.3 Å². The number of carbonyl (C=O) groups excluding carboxylic acids is 1. The van der Waals surface area contributed by atoms with Crippen LogP contribution in [0.15, 0.2) is 12.4 Å². The SMILES string of the molecule is COC[C@@H]1CNC(=O)c2sc(-c3cn[nH]c3)c3c2N1CC(F)(F)O3. The molecule has 0 spiro atoms. The van der Waals surface area contributed by atoms with Gasteiger partial charge >= 0.3 is 6.11 Å². The van der Waals surface area contributed by atoms with Crippen LogP contribution in [0.5, 0.6) is 5.75 Å². The maximum atomic E-state index is 14.2. The van der Waals surface area contributed by atoms with Gasteiger partial charge in [0.2, 0.25) is 0 Å². The number of nitrogens with one attached hydrogen (secondary N) is 2. The van der Waals surface area contributed by atoms with Crippen LogP contribution in [0.2, 0.25) is 0 Å². The highest BCUT2D eigenvalue weighted by Gasteiger charge is 2.48. The zero-order valence-electron chi connectivity index (χ0n) is 12.6. The molecule has 1 amide bonds. The van der Waals surface area contributed by atoms with Crippen molar-refractivity contribution in [3.8, 4) is 16.2 Å². The molecule has 0 aliphatic carbocycles. The van der Waals surface area contributed by atoms with E-state index in [4.69, 9.17) is 9.47 Å². The molecule has 7 nitrogen and oxygen atoms in total. The second-order valence-corrected chi connectivity index (χ2v) is 6.63. The second-order valence-electron chi connectivity index (χ2n) is 5.61. The van der Waals surface area contributed by atoms with Crippen LogP contribution in [0, 0.1) is 0 Å². The van der Waals surface area contributed by atoms with E-state index in [0.29, 0.717) is 21.0 Å². The van der Waals surface area contributed by atoms with Gasteiger partial charge < -0.3 is 19.7 Å². The van der Waals surface area contributed by atoms with Crippen LogP contribution in [-0.2, 0) is 4.74 Å². The average molecular weight is 356 g/mol. The van der Waals surface area contributed by atoms with Crippen LogP contribution in [-0.4, -0.2) is 55.1 Å². The zero-order valence-corrected chi connectivity index (χ0v) is 13.5. The molecule has 2 aliphatic rings.